The number of para-hydroxylation sites is 2. The largest absolute Gasteiger partial charge is 0.365 e. The van der Waals surface area contributed by atoms with Gasteiger partial charge in [0.2, 0.25) is 11.6 Å². The Labute approximate surface area is 202 Å². The molecule has 1 amide bonds. The second kappa shape index (κ2) is 8.56. The summed E-state index contributed by atoms with van der Waals surface area (Å²) in [4.78, 5) is 17.6. The maximum Gasteiger partial charge on any atom is 0.280 e. The smallest absolute Gasteiger partial charge is 0.280 e. The highest BCUT2D eigenvalue weighted by Gasteiger charge is 2.41. The van der Waals surface area contributed by atoms with Gasteiger partial charge in [-0.15, -0.1) is 10.2 Å². The molecule has 0 unspecified atom stereocenters. The van der Waals surface area contributed by atoms with Gasteiger partial charge in [-0.3, -0.25) is 15.1 Å². The summed E-state index contributed by atoms with van der Waals surface area (Å²) in [7, 11) is 1.54. The summed E-state index contributed by atoms with van der Waals surface area (Å²) >= 11 is 6.06. The minimum Gasteiger partial charge on any atom is -0.365 e. The Morgan fingerprint density at radius 1 is 1.17 bits per heavy atom. The average molecular weight is 498 g/mol. The molecule has 0 atom stereocenters. The van der Waals surface area contributed by atoms with E-state index in [9.17, 15) is 9.18 Å². The third-order valence-corrected chi connectivity index (χ3v) is 5.70. The van der Waals surface area contributed by atoms with Crippen molar-refractivity contribution in [2.75, 3.05) is 10.6 Å². The first-order valence-corrected chi connectivity index (χ1v) is 10.7. The van der Waals surface area contributed by atoms with Crippen molar-refractivity contribution in [3.8, 4) is 22.5 Å². The molecule has 3 heterocycles. The number of rotatable bonds is 6. The van der Waals surface area contributed by atoms with Crippen molar-refractivity contribution in [1.29, 1.82) is 0 Å². The molecule has 5 N–H and O–H groups in total. The molecule has 2 aromatic carbocycles. The molecule has 2 aromatic heterocycles. The molecule has 178 valence electrons. The minimum absolute atomic E-state index is 0.00982. The van der Waals surface area contributed by atoms with Crippen LogP contribution in [0.5, 0.6) is 0 Å². The van der Waals surface area contributed by atoms with Crippen LogP contribution in [-0.4, -0.2) is 36.9 Å². The first kappa shape index (κ1) is 22.6. The van der Waals surface area contributed by atoms with Crippen molar-refractivity contribution in [1.82, 2.24) is 30.5 Å². The van der Waals surface area contributed by atoms with Crippen LogP contribution in [0, 0.1) is 11.6 Å². The predicted octanol–water partition coefficient (Wildman–Crippen LogP) is 2.64. The van der Waals surface area contributed by atoms with Crippen LogP contribution in [0.25, 0.3) is 22.5 Å². The highest BCUT2D eigenvalue weighted by atomic mass is 35.5. The van der Waals surface area contributed by atoms with E-state index in [0.717, 1.165) is 6.07 Å². The summed E-state index contributed by atoms with van der Waals surface area (Å²) in [5.74, 6) is -3.63. The molecule has 1 aliphatic rings. The Balaban J connectivity index is 1.44. The maximum atomic E-state index is 15.1. The molecule has 0 saturated carbocycles. The highest BCUT2D eigenvalue weighted by Crippen LogP contribution is 2.36. The Bertz CT molecular complexity index is 1430. The Morgan fingerprint density at radius 3 is 2.49 bits per heavy atom. The van der Waals surface area contributed by atoms with Crippen molar-refractivity contribution in [3.05, 3.63) is 71.0 Å². The number of hydrogen-bond donors (Lipinski definition) is 4. The molecule has 1 aliphatic heterocycles. The van der Waals surface area contributed by atoms with Crippen molar-refractivity contribution < 1.29 is 13.6 Å². The molecule has 0 aliphatic carbocycles. The fraction of sp³-hybridized carbons (Fsp3) is 0.136. The third-order valence-electron chi connectivity index (χ3n) is 5.48. The van der Waals surface area contributed by atoms with Gasteiger partial charge in [0.25, 0.3) is 5.91 Å². The van der Waals surface area contributed by atoms with Gasteiger partial charge in [-0.1, -0.05) is 23.7 Å². The normalized spacial score (nSPS) is 13.7. The third kappa shape index (κ3) is 4.13. The van der Waals surface area contributed by atoms with Gasteiger partial charge >= 0.3 is 0 Å². The number of aromatic nitrogens is 5. The van der Waals surface area contributed by atoms with E-state index in [2.05, 4.69) is 36.3 Å². The fourth-order valence-corrected chi connectivity index (χ4v) is 4.01. The lowest BCUT2D eigenvalue weighted by Gasteiger charge is -2.28. The molecule has 4 aromatic rings. The van der Waals surface area contributed by atoms with Crippen LogP contribution in [0.3, 0.4) is 0 Å². The zero-order chi connectivity index (χ0) is 24.7. The minimum atomic E-state index is -1.53. The Hall–Kier alpha value is -4.16. The lowest BCUT2D eigenvalue weighted by molar-refractivity contribution is -0.122. The molecule has 0 radical (unpaired) electrons. The number of nitrogens with zero attached hydrogens (tertiary/aromatic N) is 5. The number of fused-ring (bicyclic) bond motifs is 1. The number of pyridine rings is 1. The molecule has 35 heavy (non-hydrogen) atoms. The molecular weight excluding hydrogens is 480 g/mol. The second-order valence-corrected chi connectivity index (χ2v) is 8.26. The topological polar surface area (TPSA) is 136 Å². The molecule has 0 fully saturated rings. The maximum absolute atomic E-state index is 15.1. The molecule has 5 rings (SSSR count). The quantitative estimate of drug-likeness (QED) is 0.319. The lowest BCUT2D eigenvalue weighted by atomic mass is 9.99. The number of halogens is 3. The number of nitrogens with one attached hydrogen (secondary N) is 3. The first-order valence-electron chi connectivity index (χ1n) is 10.3. The number of primary amides is 1. The van der Waals surface area contributed by atoms with E-state index in [1.165, 1.54) is 23.1 Å². The predicted molar refractivity (Wildman–Crippen MR) is 125 cm³/mol. The summed E-state index contributed by atoms with van der Waals surface area (Å²) < 4.78 is 29.9. The average Bonchev–Trinajstić information content (AvgIpc) is 3.41. The molecule has 0 saturated heterocycles. The van der Waals surface area contributed by atoms with Gasteiger partial charge < -0.3 is 16.4 Å². The summed E-state index contributed by atoms with van der Waals surface area (Å²) in [5, 5.41) is 20.6. The van der Waals surface area contributed by atoms with Crippen molar-refractivity contribution in [2.24, 2.45) is 12.8 Å². The molecule has 0 spiro atoms. The van der Waals surface area contributed by atoms with Crippen molar-refractivity contribution >= 4 is 28.9 Å². The lowest BCUT2D eigenvalue weighted by Crippen LogP contribution is -2.63. The van der Waals surface area contributed by atoms with Gasteiger partial charge in [0, 0.05) is 23.3 Å². The van der Waals surface area contributed by atoms with Gasteiger partial charge in [0.15, 0.2) is 0 Å². The van der Waals surface area contributed by atoms with Gasteiger partial charge in [-0.2, -0.15) is 4.80 Å². The van der Waals surface area contributed by atoms with Crippen molar-refractivity contribution in [2.45, 2.75) is 12.3 Å². The van der Waals surface area contributed by atoms with E-state index in [1.54, 1.807) is 31.3 Å². The van der Waals surface area contributed by atoms with Crippen LogP contribution in [0.4, 0.5) is 20.2 Å². The number of anilines is 2. The summed E-state index contributed by atoms with van der Waals surface area (Å²) in [6.45, 7) is -0.147. The SMILES string of the molecule is Cn1nnc(-c2c(F)cc(Cl)cc2-c2cnc(CNC3(C(N)=O)Nc4ccccc4N3)c(F)c2)n1. The number of amides is 1. The number of hydrogen-bond acceptors (Lipinski definition) is 8. The first-order chi connectivity index (χ1) is 16.8. The van der Waals surface area contributed by atoms with E-state index < -0.39 is 23.3 Å². The number of benzene rings is 2. The zero-order valence-corrected chi connectivity index (χ0v) is 18.9. The van der Waals surface area contributed by atoms with E-state index in [4.69, 9.17) is 17.3 Å². The van der Waals surface area contributed by atoms with Crippen LogP contribution in [0.1, 0.15) is 5.69 Å². The molecular formula is C22H18ClF2N9O. The Kier molecular flexibility index (Phi) is 5.53. The van der Waals surface area contributed by atoms with Crippen LogP contribution in [-0.2, 0) is 18.4 Å². The van der Waals surface area contributed by atoms with E-state index in [0.29, 0.717) is 11.4 Å². The van der Waals surface area contributed by atoms with E-state index in [-0.39, 0.29) is 39.8 Å². The monoisotopic (exact) mass is 497 g/mol. The van der Waals surface area contributed by atoms with Gasteiger partial charge in [0.1, 0.15) is 11.6 Å². The fourth-order valence-electron chi connectivity index (χ4n) is 3.81. The van der Waals surface area contributed by atoms with Gasteiger partial charge in [-0.25, -0.2) is 8.78 Å². The van der Waals surface area contributed by atoms with Crippen LogP contribution in [0.15, 0.2) is 48.7 Å². The van der Waals surface area contributed by atoms with Crippen LogP contribution in [0.2, 0.25) is 5.02 Å². The van der Waals surface area contributed by atoms with Gasteiger partial charge in [-0.05, 0) is 41.1 Å². The highest BCUT2D eigenvalue weighted by molar-refractivity contribution is 6.31. The number of aryl methyl sites for hydroxylation is 1. The van der Waals surface area contributed by atoms with E-state index >= 15 is 4.39 Å². The van der Waals surface area contributed by atoms with Crippen LogP contribution >= 0.6 is 11.6 Å². The van der Waals surface area contributed by atoms with Crippen LogP contribution < -0.4 is 21.7 Å². The standard InChI is InChI=1S/C22H18ClF2N9O/c1-34-32-20(31-33-34)19-13(7-12(23)8-15(19)25)11-6-14(24)18(27-9-11)10-28-22(21(26)35)29-16-4-2-3-5-17(16)30-22/h2-9,28-30H,10H2,1H3,(H2,26,35). The number of nitrogens with two attached hydrogens (primary N) is 1. The molecule has 10 nitrogen and oxygen atoms in total. The Morgan fingerprint density at radius 2 is 1.89 bits per heavy atom. The summed E-state index contributed by atoms with van der Waals surface area (Å²) in [5.41, 5.74) is 7.46. The van der Waals surface area contributed by atoms with Crippen molar-refractivity contribution in [3.63, 3.8) is 0 Å². The number of carbonyl (C=O) groups is 1. The number of tetrazole rings is 1. The summed E-state index contributed by atoms with van der Waals surface area (Å²) in [6, 6.07) is 10.9. The van der Waals surface area contributed by atoms with E-state index in [1.807, 2.05) is 0 Å². The second-order valence-electron chi connectivity index (χ2n) is 7.83. The van der Waals surface area contributed by atoms with Gasteiger partial charge in [0.05, 0.1) is 29.7 Å². The molecule has 0 bridgehead atoms. The zero-order valence-electron chi connectivity index (χ0n) is 18.2. The summed E-state index contributed by atoms with van der Waals surface area (Å²) in [6.07, 6.45) is 1.37. The molecule has 13 heteroatoms. The number of carbonyl (C=O) groups excluding carboxylic acids is 1.